The predicted octanol–water partition coefficient (Wildman–Crippen LogP) is 2.13. The maximum atomic E-state index is 7.48. The van der Waals surface area contributed by atoms with Crippen molar-refractivity contribution < 1.29 is 4.74 Å². The molecule has 0 aliphatic carbocycles. The van der Waals surface area contributed by atoms with E-state index in [-0.39, 0.29) is 0 Å². The van der Waals surface area contributed by atoms with Gasteiger partial charge in [-0.2, -0.15) is 0 Å². The fourth-order valence-corrected chi connectivity index (χ4v) is 1.09. The number of nitrogens with zero attached hydrogens (tertiary/aromatic N) is 1. The molecule has 0 aliphatic rings. The van der Waals surface area contributed by atoms with Gasteiger partial charge >= 0.3 is 0 Å². The lowest BCUT2D eigenvalue weighted by molar-refractivity contribution is 0.416. The number of benzene rings is 1. The van der Waals surface area contributed by atoms with Gasteiger partial charge < -0.3 is 9.64 Å². The molecule has 70 valence electrons. The number of nitrogens with one attached hydrogen (secondary N) is 1. The van der Waals surface area contributed by atoms with Crippen molar-refractivity contribution in [2.45, 2.75) is 6.92 Å². The van der Waals surface area contributed by atoms with Crippen molar-refractivity contribution >= 4 is 11.5 Å². The van der Waals surface area contributed by atoms with Gasteiger partial charge in [-0.3, -0.25) is 5.41 Å². The molecule has 1 N–H and O–H groups in total. The van der Waals surface area contributed by atoms with Crippen molar-refractivity contribution in [1.82, 2.24) is 0 Å². The number of amidine groups is 1. The van der Waals surface area contributed by atoms with Crippen LogP contribution < -0.4 is 9.64 Å². The molecular weight excluding hydrogens is 164 g/mol. The molecule has 1 aromatic carbocycles. The third kappa shape index (κ3) is 1.99. The highest BCUT2D eigenvalue weighted by Crippen LogP contribution is 2.26. The van der Waals surface area contributed by atoms with Crippen molar-refractivity contribution in [3.05, 3.63) is 24.3 Å². The zero-order chi connectivity index (χ0) is 9.84. The lowest BCUT2D eigenvalue weighted by Crippen LogP contribution is -2.22. The van der Waals surface area contributed by atoms with Gasteiger partial charge in [-0.15, -0.1) is 0 Å². The number of para-hydroxylation sites is 2. The number of rotatable bonds is 2. The number of anilines is 1. The van der Waals surface area contributed by atoms with Crippen molar-refractivity contribution in [2.24, 2.45) is 0 Å². The van der Waals surface area contributed by atoms with Gasteiger partial charge in [-0.1, -0.05) is 12.1 Å². The minimum absolute atomic E-state index is 0.490. The lowest BCUT2D eigenvalue weighted by Gasteiger charge is -2.19. The summed E-state index contributed by atoms with van der Waals surface area (Å²) in [6.45, 7) is 1.74. The Labute approximate surface area is 78.4 Å². The van der Waals surface area contributed by atoms with Gasteiger partial charge in [0.1, 0.15) is 5.75 Å². The van der Waals surface area contributed by atoms with E-state index in [0.29, 0.717) is 5.84 Å². The van der Waals surface area contributed by atoms with Gasteiger partial charge in [0.2, 0.25) is 0 Å². The molecule has 0 amide bonds. The third-order valence-electron chi connectivity index (χ3n) is 1.95. The van der Waals surface area contributed by atoms with Crippen LogP contribution in [0, 0.1) is 5.41 Å². The van der Waals surface area contributed by atoms with Gasteiger partial charge in [0.05, 0.1) is 18.6 Å². The van der Waals surface area contributed by atoms with Crippen LogP contribution >= 0.6 is 0 Å². The van der Waals surface area contributed by atoms with E-state index >= 15 is 0 Å². The molecule has 0 unspecified atom stereocenters. The normalized spacial score (nSPS) is 9.46. The van der Waals surface area contributed by atoms with Crippen molar-refractivity contribution in [3.63, 3.8) is 0 Å². The van der Waals surface area contributed by atoms with E-state index in [1.807, 2.05) is 31.3 Å². The first-order chi connectivity index (χ1) is 6.16. The van der Waals surface area contributed by atoms with Crippen LogP contribution in [0.4, 0.5) is 5.69 Å². The first-order valence-electron chi connectivity index (χ1n) is 4.08. The summed E-state index contributed by atoms with van der Waals surface area (Å²) >= 11 is 0. The van der Waals surface area contributed by atoms with Crippen LogP contribution in [0.2, 0.25) is 0 Å². The van der Waals surface area contributed by atoms with Gasteiger partial charge in [-0.05, 0) is 19.1 Å². The van der Waals surface area contributed by atoms with Crippen molar-refractivity contribution in [2.75, 3.05) is 19.1 Å². The highest BCUT2D eigenvalue weighted by atomic mass is 16.5. The molecule has 13 heavy (non-hydrogen) atoms. The zero-order valence-electron chi connectivity index (χ0n) is 8.16. The molecule has 0 spiro atoms. The summed E-state index contributed by atoms with van der Waals surface area (Å²) in [5.41, 5.74) is 0.914. The zero-order valence-corrected chi connectivity index (χ0v) is 8.16. The molecule has 0 aliphatic heterocycles. The van der Waals surface area contributed by atoms with Crippen LogP contribution in [-0.2, 0) is 0 Å². The molecule has 0 saturated heterocycles. The Morgan fingerprint density at radius 2 is 2.00 bits per heavy atom. The molecular formula is C10H14N2O. The molecule has 0 bridgehead atoms. The van der Waals surface area contributed by atoms with E-state index in [1.54, 1.807) is 18.9 Å². The quantitative estimate of drug-likeness (QED) is 0.556. The minimum Gasteiger partial charge on any atom is -0.495 e. The van der Waals surface area contributed by atoms with Crippen LogP contribution in [0.1, 0.15) is 6.92 Å². The van der Waals surface area contributed by atoms with Crippen LogP contribution in [0.25, 0.3) is 0 Å². The maximum Gasteiger partial charge on any atom is 0.142 e. The largest absolute Gasteiger partial charge is 0.495 e. The number of hydrogen-bond donors (Lipinski definition) is 1. The minimum atomic E-state index is 0.490. The summed E-state index contributed by atoms with van der Waals surface area (Å²) in [6, 6.07) is 7.65. The average Bonchev–Trinajstić information content (AvgIpc) is 2.16. The van der Waals surface area contributed by atoms with Crippen LogP contribution in [0.15, 0.2) is 24.3 Å². The Bertz CT molecular complexity index is 310. The smallest absolute Gasteiger partial charge is 0.142 e. The fraction of sp³-hybridized carbons (Fsp3) is 0.300. The first-order valence-corrected chi connectivity index (χ1v) is 4.08. The molecule has 0 aromatic heterocycles. The molecule has 1 rings (SSSR count). The second-order valence-corrected chi connectivity index (χ2v) is 2.82. The SMILES string of the molecule is COc1ccccc1N(C)C(C)=N. The van der Waals surface area contributed by atoms with E-state index in [0.717, 1.165) is 11.4 Å². The maximum absolute atomic E-state index is 7.48. The summed E-state index contributed by atoms with van der Waals surface area (Å²) in [7, 11) is 3.48. The highest BCUT2D eigenvalue weighted by molar-refractivity contribution is 5.94. The molecule has 0 heterocycles. The van der Waals surface area contributed by atoms with Crippen molar-refractivity contribution in [1.29, 1.82) is 5.41 Å². The second kappa shape index (κ2) is 3.94. The lowest BCUT2D eigenvalue weighted by atomic mass is 10.2. The van der Waals surface area contributed by atoms with Gasteiger partial charge in [0.15, 0.2) is 0 Å². The Balaban J connectivity index is 3.05. The molecule has 0 radical (unpaired) electrons. The van der Waals surface area contributed by atoms with E-state index < -0.39 is 0 Å². The van der Waals surface area contributed by atoms with Crippen LogP contribution in [-0.4, -0.2) is 20.0 Å². The Morgan fingerprint density at radius 3 is 2.54 bits per heavy atom. The topological polar surface area (TPSA) is 36.3 Å². The monoisotopic (exact) mass is 178 g/mol. The number of ether oxygens (including phenoxy) is 1. The summed E-state index contributed by atoms with van der Waals surface area (Å²) in [5.74, 6) is 1.28. The summed E-state index contributed by atoms with van der Waals surface area (Å²) in [4.78, 5) is 1.78. The standard InChI is InChI=1S/C10H14N2O/c1-8(11)12(2)9-6-4-5-7-10(9)13-3/h4-7,11H,1-3H3. The fourth-order valence-electron chi connectivity index (χ4n) is 1.09. The average molecular weight is 178 g/mol. The van der Waals surface area contributed by atoms with Crippen molar-refractivity contribution in [3.8, 4) is 5.75 Å². The van der Waals surface area contributed by atoms with Crippen LogP contribution in [0.5, 0.6) is 5.75 Å². The third-order valence-corrected chi connectivity index (χ3v) is 1.95. The summed E-state index contributed by atoms with van der Waals surface area (Å²) in [5, 5.41) is 7.48. The Kier molecular flexibility index (Phi) is 2.90. The van der Waals surface area contributed by atoms with E-state index in [1.165, 1.54) is 0 Å². The predicted molar refractivity (Wildman–Crippen MR) is 54.8 cm³/mol. The molecule has 0 saturated carbocycles. The number of methoxy groups -OCH3 is 1. The highest BCUT2D eigenvalue weighted by Gasteiger charge is 2.07. The summed E-state index contributed by atoms with van der Waals surface area (Å²) in [6.07, 6.45) is 0. The van der Waals surface area contributed by atoms with Gasteiger partial charge in [0.25, 0.3) is 0 Å². The van der Waals surface area contributed by atoms with Gasteiger partial charge in [0, 0.05) is 7.05 Å². The van der Waals surface area contributed by atoms with Gasteiger partial charge in [-0.25, -0.2) is 0 Å². The molecule has 0 fully saturated rings. The Hall–Kier alpha value is -1.51. The first kappa shape index (κ1) is 9.58. The van der Waals surface area contributed by atoms with E-state index in [9.17, 15) is 0 Å². The summed E-state index contributed by atoms with van der Waals surface area (Å²) < 4.78 is 5.18. The van der Waals surface area contributed by atoms with Crippen LogP contribution in [0.3, 0.4) is 0 Å². The van der Waals surface area contributed by atoms with E-state index in [2.05, 4.69) is 0 Å². The molecule has 1 aromatic rings. The second-order valence-electron chi connectivity index (χ2n) is 2.82. The molecule has 3 nitrogen and oxygen atoms in total. The van der Waals surface area contributed by atoms with E-state index in [4.69, 9.17) is 10.1 Å². The molecule has 0 atom stereocenters. The Morgan fingerprint density at radius 1 is 1.38 bits per heavy atom. The molecule has 3 heteroatoms. The number of hydrogen-bond acceptors (Lipinski definition) is 2.